The van der Waals surface area contributed by atoms with Crippen molar-refractivity contribution in [1.29, 1.82) is 0 Å². The van der Waals surface area contributed by atoms with E-state index in [0.29, 0.717) is 13.0 Å². The van der Waals surface area contributed by atoms with Gasteiger partial charge in [0.15, 0.2) is 5.60 Å². The molecule has 2 aromatic carbocycles. The molecule has 1 N–H and O–H groups in total. The average molecular weight is 417 g/mol. The van der Waals surface area contributed by atoms with Crippen molar-refractivity contribution in [2.45, 2.75) is 37.8 Å². The topological polar surface area (TPSA) is 41.6 Å². The Kier molecular flexibility index (Phi) is 7.00. The summed E-state index contributed by atoms with van der Waals surface area (Å²) in [7, 11) is 1.60. The molecule has 1 atom stereocenters. The van der Waals surface area contributed by atoms with Crippen LogP contribution in [-0.4, -0.2) is 43.2 Å². The van der Waals surface area contributed by atoms with Crippen LogP contribution in [0.5, 0.6) is 0 Å². The molecule has 1 fully saturated rings. The Morgan fingerprint density at radius 2 is 1.74 bits per heavy atom. The van der Waals surface area contributed by atoms with Gasteiger partial charge in [0.05, 0.1) is 0 Å². The fourth-order valence-electron chi connectivity index (χ4n) is 4.36. The van der Waals surface area contributed by atoms with Crippen LogP contribution in [-0.2, 0) is 22.5 Å². The SMILES string of the molecule is COC1(C(=O)NCCc2ccc(CN3CCCC3)cc2)C=CC(c2ccccc2)=CC1. The zero-order valence-corrected chi connectivity index (χ0v) is 18.3. The number of allylic oxidation sites excluding steroid dienone is 2. The molecule has 1 amide bonds. The Bertz CT molecular complexity index is 927. The summed E-state index contributed by atoms with van der Waals surface area (Å²) >= 11 is 0. The molecular formula is C27H32N2O2. The fourth-order valence-corrected chi connectivity index (χ4v) is 4.36. The van der Waals surface area contributed by atoms with Crippen LogP contribution >= 0.6 is 0 Å². The predicted molar refractivity (Wildman–Crippen MR) is 126 cm³/mol. The first-order valence-corrected chi connectivity index (χ1v) is 11.3. The van der Waals surface area contributed by atoms with E-state index in [1.165, 1.54) is 37.1 Å². The summed E-state index contributed by atoms with van der Waals surface area (Å²) < 4.78 is 5.66. The predicted octanol–water partition coefficient (Wildman–Crippen LogP) is 4.37. The van der Waals surface area contributed by atoms with Crippen LogP contribution in [0.3, 0.4) is 0 Å². The molecular weight excluding hydrogens is 384 g/mol. The number of likely N-dealkylation sites (tertiary alicyclic amines) is 1. The summed E-state index contributed by atoms with van der Waals surface area (Å²) in [4.78, 5) is 15.4. The largest absolute Gasteiger partial charge is 0.364 e. The summed E-state index contributed by atoms with van der Waals surface area (Å²) in [6, 6.07) is 19.0. The van der Waals surface area contributed by atoms with Gasteiger partial charge in [-0.1, -0.05) is 66.7 Å². The number of methoxy groups -OCH3 is 1. The van der Waals surface area contributed by atoms with Crippen LogP contribution in [0.4, 0.5) is 0 Å². The number of carbonyl (C=O) groups is 1. The number of amides is 1. The lowest BCUT2D eigenvalue weighted by atomic mass is 9.88. The molecule has 1 heterocycles. The Morgan fingerprint density at radius 1 is 1.03 bits per heavy atom. The van der Waals surface area contributed by atoms with Crippen molar-refractivity contribution in [1.82, 2.24) is 10.2 Å². The summed E-state index contributed by atoms with van der Waals surface area (Å²) in [5.41, 5.74) is 3.94. The van der Waals surface area contributed by atoms with Gasteiger partial charge < -0.3 is 10.1 Å². The average Bonchev–Trinajstić information content (AvgIpc) is 3.34. The molecule has 31 heavy (non-hydrogen) atoms. The number of carbonyl (C=O) groups excluding carboxylic acids is 1. The second-order valence-electron chi connectivity index (χ2n) is 8.46. The first kappa shape index (κ1) is 21.5. The van der Waals surface area contributed by atoms with E-state index in [-0.39, 0.29) is 5.91 Å². The summed E-state index contributed by atoms with van der Waals surface area (Å²) in [6.45, 7) is 4.06. The molecule has 4 nitrogen and oxygen atoms in total. The van der Waals surface area contributed by atoms with Crippen LogP contribution in [0.15, 0.2) is 72.8 Å². The minimum atomic E-state index is -0.933. The van der Waals surface area contributed by atoms with E-state index in [0.717, 1.165) is 24.1 Å². The fraction of sp³-hybridized carbons (Fsp3) is 0.370. The Morgan fingerprint density at radius 3 is 2.39 bits per heavy atom. The lowest BCUT2D eigenvalue weighted by Gasteiger charge is -2.29. The number of rotatable bonds is 8. The molecule has 0 bridgehead atoms. The maximum absolute atomic E-state index is 12.9. The Labute approximate surface area is 185 Å². The van der Waals surface area contributed by atoms with Crippen LogP contribution < -0.4 is 5.32 Å². The minimum absolute atomic E-state index is 0.0831. The first-order valence-electron chi connectivity index (χ1n) is 11.3. The molecule has 4 heteroatoms. The van der Waals surface area contributed by atoms with Gasteiger partial charge in [-0.15, -0.1) is 0 Å². The minimum Gasteiger partial charge on any atom is -0.364 e. The van der Waals surface area contributed by atoms with Crippen molar-refractivity contribution in [3.05, 3.63) is 89.5 Å². The number of nitrogens with zero attached hydrogens (tertiary/aromatic N) is 1. The Hall–Kier alpha value is -2.69. The molecule has 0 aromatic heterocycles. The molecule has 0 spiro atoms. The number of ether oxygens (including phenoxy) is 1. The number of hydrogen-bond donors (Lipinski definition) is 1. The summed E-state index contributed by atoms with van der Waals surface area (Å²) in [5.74, 6) is -0.0831. The van der Waals surface area contributed by atoms with Gasteiger partial charge in [-0.05, 0) is 60.7 Å². The highest BCUT2D eigenvalue weighted by Crippen LogP contribution is 2.29. The van der Waals surface area contributed by atoms with Gasteiger partial charge in [-0.2, -0.15) is 0 Å². The highest BCUT2D eigenvalue weighted by atomic mass is 16.5. The molecule has 1 aliphatic heterocycles. The summed E-state index contributed by atoms with van der Waals surface area (Å²) in [5, 5.41) is 3.07. The van der Waals surface area contributed by atoms with Gasteiger partial charge in [-0.25, -0.2) is 0 Å². The van der Waals surface area contributed by atoms with E-state index in [1.807, 2.05) is 30.4 Å². The van der Waals surface area contributed by atoms with Gasteiger partial charge in [0.25, 0.3) is 5.91 Å². The molecule has 2 aromatic rings. The smallest absolute Gasteiger partial charge is 0.256 e. The molecule has 1 aliphatic carbocycles. The van der Waals surface area contributed by atoms with E-state index in [4.69, 9.17) is 4.74 Å². The van der Waals surface area contributed by atoms with Crippen LogP contribution in [0, 0.1) is 0 Å². The van der Waals surface area contributed by atoms with Gasteiger partial charge in [-0.3, -0.25) is 9.69 Å². The maximum atomic E-state index is 12.9. The van der Waals surface area contributed by atoms with E-state index in [9.17, 15) is 4.79 Å². The van der Waals surface area contributed by atoms with Gasteiger partial charge in [0.2, 0.25) is 0 Å². The molecule has 162 valence electrons. The van der Waals surface area contributed by atoms with Crippen molar-refractivity contribution < 1.29 is 9.53 Å². The highest BCUT2D eigenvalue weighted by molar-refractivity contribution is 5.90. The third-order valence-electron chi connectivity index (χ3n) is 6.34. The zero-order valence-electron chi connectivity index (χ0n) is 18.3. The van der Waals surface area contributed by atoms with E-state index < -0.39 is 5.60 Å². The van der Waals surface area contributed by atoms with Crippen molar-refractivity contribution in [2.75, 3.05) is 26.7 Å². The molecule has 1 unspecified atom stereocenters. The lowest BCUT2D eigenvalue weighted by molar-refractivity contribution is -0.137. The monoisotopic (exact) mass is 416 g/mol. The third-order valence-corrected chi connectivity index (χ3v) is 6.34. The van der Waals surface area contributed by atoms with Gasteiger partial charge in [0.1, 0.15) is 0 Å². The van der Waals surface area contributed by atoms with Crippen LogP contribution in [0.2, 0.25) is 0 Å². The van der Waals surface area contributed by atoms with Crippen molar-refractivity contribution in [3.63, 3.8) is 0 Å². The quantitative estimate of drug-likeness (QED) is 0.695. The maximum Gasteiger partial charge on any atom is 0.256 e. The van der Waals surface area contributed by atoms with Gasteiger partial charge >= 0.3 is 0 Å². The number of benzene rings is 2. The van der Waals surface area contributed by atoms with Crippen LogP contribution in [0.25, 0.3) is 5.57 Å². The second-order valence-corrected chi connectivity index (χ2v) is 8.46. The zero-order chi connectivity index (χ0) is 21.5. The molecule has 0 saturated carbocycles. The molecule has 4 rings (SSSR count). The third kappa shape index (κ3) is 5.33. The number of nitrogens with one attached hydrogen (secondary N) is 1. The normalized spacial score (nSPS) is 21.1. The van der Waals surface area contributed by atoms with Crippen molar-refractivity contribution >= 4 is 11.5 Å². The van der Waals surface area contributed by atoms with Crippen molar-refractivity contribution in [3.8, 4) is 0 Å². The van der Waals surface area contributed by atoms with Crippen molar-refractivity contribution in [2.24, 2.45) is 0 Å². The standard InChI is InChI=1S/C27H32N2O2/c1-31-27(16-13-25(14-17-27)24-7-3-2-4-8-24)26(30)28-18-15-22-9-11-23(12-10-22)21-29-19-5-6-20-29/h2-4,7-14,16H,5-6,15,17-21H2,1H3,(H,28,30). The number of hydrogen-bond acceptors (Lipinski definition) is 3. The van der Waals surface area contributed by atoms with Gasteiger partial charge in [0, 0.05) is 26.6 Å². The molecule has 0 radical (unpaired) electrons. The second kappa shape index (κ2) is 10.1. The van der Waals surface area contributed by atoms with Crippen LogP contribution in [0.1, 0.15) is 36.0 Å². The molecule has 2 aliphatic rings. The lowest BCUT2D eigenvalue weighted by Crippen LogP contribution is -2.47. The molecule has 1 saturated heterocycles. The van der Waals surface area contributed by atoms with E-state index in [1.54, 1.807) is 7.11 Å². The highest BCUT2D eigenvalue weighted by Gasteiger charge is 2.36. The van der Waals surface area contributed by atoms with E-state index >= 15 is 0 Å². The van der Waals surface area contributed by atoms with E-state index in [2.05, 4.69) is 52.7 Å². The Balaban J connectivity index is 1.28. The first-order chi connectivity index (χ1) is 15.2. The summed E-state index contributed by atoms with van der Waals surface area (Å²) in [6.07, 6.45) is 9.93.